The van der Waals surface area contributed by atoms with Crippen LogP contribution in [0.5, 0.6) is 5.88 Å². The van der Waals surface area contributed by atoms with Gasteiger partial charge in [0.2, 0.25) is 5.88 Å². The second kappa shape index (κ2) is 4.59. The van der Waals surface area contributed by atoms with Gasteiger partial charge in [-0.3, -0.25) is 4.98 Å². The Balaban J connectivity index is 2.22. The molecule has 3 heterocycles. The van der Waals surface area contributed by atoms with E-state index in [1.807, 2.05) is 6.92 Å². The summed E-state index contributed by atoms with van der Waals surface area (Å²) in [5.41, 5.74) is 0.0682. The highest BCUT2D eigenvalue weighted by Gasteiger charge is 2.30. The van der Waals surface area contributed by atoms with E-state index in [2.05, 4.69) is 10.1 Å². The van der Waals surface area contributed by atoms with Crippen LogP contribution < -0.4 is 4.74 Å². The first kappa shape index (κ1) is 12.6. The van der Waals surface area contributed by atoms with Crippen LogP contribution in [0.3, 0.4) is 0 Å². The quantitative estimate of drug-likeness (QED) is 0.907. The molecule has 3 rings (SSSR count). The Morgan fingerprint density at radius 3 is 3.10 bits per heavy atom. The van der Waals surface area contributed by atoms with E-state index in [-0.39, 0.29) is 28.8 Å². The van der Waals surface area contributed by atoms with Crippen LogP contribution in [0.2, 0.25) is 0 Å². The molecule has 20 heavy (non-hydrogen) atoms. The van der Waals surface area contributed by atoms with Crippen LogP contribution in [0.4, 0.5) is 4.39 Å². The van der Waals surface area contributed by atoms with Crippen LogP contribution in [-0.4, -0.2) is 31.9 Å². The highest BCUT2D eigenvalue weighted by atomic mass is 19.1. The fourth-order valence-corrected chi connectivity index (χ4v) is 2.22. The topological polar surface area (TPSA) is 77.2 Å². The number of aromatic nitrogens is 3. The monoisotopic (exact) mass is 277 g/mol. The van der Waals surface area contributed by atoms with Gasteiger partial charge in [-0.15, -0.1) is 0 Å². The normalized spacial score (nSPS) is 17.4. The molecule has 1 N–H and O–H groups in total. The second-order valence-electron chi connectivity index (χ2n) is 4.63. The molecule has 0 amide bonds. The van der Waals surface area contributed by atoms with E-state index in [1.165, 1.54) is 16.9 Å². The summed E-state index contributed by atoms with van der Waals surface area (Å²) in [6, 6.07) is 1.40. The second-order valence-corrected chi connectivity index (χ2v) is 4.63. The maximum Gasteiger partial charge on any atom is 0.343 e. The molecular weight excluding hydrogens is 265 g/mol. The molecule has 2 aromatic rings. The third-order valence-electron chi connectivity index (χ3n) is 3.21. The largest absolute Gasteiger partial charge is 0.477 e. The number of carbonyl (C=O) groups is 1. The zero-order valence-electron chi connectivity index (χ0n) is 10.7. The number of hydrogen-bond donors (Lipinski definition) is 1. The van der Waals surface area contributed by atoms with Gasteiger partial charge in [-0.25, -0.2) is 13.9 Å². The molecule has 0 radical (unpaired) electrons. The summed E-state index contributed by atoms with van der Waals surface area (Å²) in [6.45, 7) is 2.40. The van der Waals surface area contributed by atoms with Crippen molar-refractivity contribution < 1.29 is 19.0 Å². The van der Waals surface area contributed by atoms with Crippen molar-refractivity contribution in [2.75, 3.05) is 0 Å². The molecule has 0 aliphatic carbocycles. The van der Waals surface area contributed by atoms with Crippen LogP contribution in [0, 0.1) is 5.82 Å². The van der Waals surface area contributed by atoms with Gasteiger partial charge in [-0.05, 0) is 13.0 Å². The number of ether oxygens (including phenoxy) is 1. The number of rotatable bonds is 2. The summed E-state index contributed by atoms with van der Waals surface area (Å²) in [5, 5.41) is 13.6. The van der Waals surface area contributed by atoms with Gasteiger partial charge in [0.25, 0.3) is 0 Å². The van der Waals surface area contributed by atoms with Crippen molar-refractivity contribution in [2.24, 2.45) is 0 Å². The predicted octanol–water partition coefficient (Wildman–Crippen LogP) is 1.95. The molecular formula is C13H12FN3O3. The number of aromatic carboxylic acids is 1. The summed E-state index contributed by atoms with van der Waals surface area (Å²) in [5.74, 6) is -1.62. The van der Waals surface area contributed by atoms with Crippen molar-refractivity contribution in [2.45, 2.75) is 26.0 Å². The molecule has 0 aromatic carbocycles. The van der Waals surface area contributed by atoms with E-state index in [4.69, 9.17) is 4.74 Å². The van der Waals surface area contributed by atoms with E-state index >= 15 is 0 Å². The van der Waals surface area contributed by atoms with Crippen molar-refractivity contribution in [1.82, 2.24) is 14.8 Å². The lowest BCUT2D eigenvalue weighted by atomic mass is 10.1. The molecule has 6 nitrogen and oxygen atoms in total. The van der Waals surface area contributed by atoms with Gasteiger partial charge >= 0.3 is 5.97 Å². The van der Waals surface area contributed by atoms with Gasteiger partial charge in [-0.2, -0.15) is 5.10 Å². The van der Waals surface area contributed by atoms with Crippen molar-refractivity contribution in [1.29, 1.82) is 0 Å². The van der Waals surface area contributed by atoms with Crippen LogP contribution in [0.1, 0.15) is 23.7 Å². The SMILES string of the molecule is C[C@@H]1CCn2nc(-c3ccncc3F)c(C(=O)O)c2O1. The van der Waals surface area contributed by atoms with Crippen molar-refractivity contribution >= 4 is 5.97 Å². The first-order chi connectivity index (χ1) is 9.58. The summed E-state index contributed by atoms with van der Waals surface area (Å²) in [7, 11) is 0. The summed E-state index contributed by atoms with van der Waals surface area (Å²) in [4.78, 5) is 15.1. The summed E-state index contributed by atoms with van der Waals surface area (Å²) in [6.07, 6.45) is 3.06. The van der Waals surface area contributed by atoms with E-state index < -0.39 is 11.8 Å². The Bertz CT molecular complexity index is 683. The summed E-state index contributed by atoms with van der Waals surface area (Å²) < 4.78 is 20.8. The Labute approximate surface area is 113 Å². The first-order valence-corrected chi connectivity index (χ1v) is 6.18. The van der Waals surface area contributed by atoms with Gasteiger partial charge in [0.1, 0.15) is 11.3 Å². The van der Waals surface area contributed by atoms with Gasteiger partial charge in [0.15, 0.2) is 5.82 Å². The minimum absolute atomic E-state index is 0.0708. The minimum atomic E-state index is -1.19. The molecule has 1 aliphatic heterocycles. The molecule has 1 aliphatic rings. The Morgan fingerprint density at radius 2 is 2.40 bits per heavy atom. The molecule has 2 aromatic heterocycles. The van der Waals surface area contributed by atoms with Gasteiger partial charge in [0.05, 0.1) is 12.3 Å². The number of carboxylic acid groups (broad SMARTS) is 1. The van der Waals surface area contributed by atoms with Crippen molar-refractivity contribution in [3.63, 3.8) is 0 Å². The van der Waals surface area contributed by atoms with Crippen molar-refractivity contribution in [3.8, 4) is 17.1 Å². The standard InChI is InChI=1S/C13H12FN3O3/c1-7-3-5-17-12(20-7)10(13(18)19)11(16-17)8-2-4-15-6-9(8)14/h2,4,6-7H,3,5H2,1H3,(H,18,19)/t7-/m1/s1. The number of aryl methyl sites for hydroxylation is 1. The molecule has 0 bridgehead atoms. The molecule has 0 unspecified atom stereocenters. The van der Waals surface area contributed by atoms with Crippen LogP contribution in [-0.2, 0) is 6.54 Å². The van der Waals surface area contributed by atoms with Crippen LogP contribution in [0.25, 0.3) is 11.3 Å². The maximum atomic E-state index is 13.8. The predicted molar refractivity (Wildman–Crippen MR) is 67.1 cm³/mol. The highest BCUT2D eigenvalue weighted by molar-refractivity contribution is 5.97. The molecule has 7 heteroatoms. The number of fused-ring (bicyclic) bond motifs is 1. The Kier molecular flexibility index (Phi) is 2.89. The highest BCUT2D eigenvalue weighted by Crippen LogP contribution is 2.34. The Morgan fingerprint density at radius 1 is 1.60 bits per heavy atom. The third-order valence-corrected chi connectivity index (χ3v) is 3.21. The maximum absolute atomic E-state index is 13.8. The zero-order chi connectivity index (χ0) is 14.3. The smallest absolute Gasteiger partial charge is 0.343 e. The fraction of sp³-hybridized carbons (Fsp3) is 0.308. The Hall–Kier alpha value is -2.44. The van der Waals surface area contributed by atoms with E-state index in [9.17, 15) is 14.3 Å². The minimum Gasteiger partial charge on any atom is -0.477 e. The first-order valence-electron chi connectivity index (χ1n) is 6.18. The lowest BCUT2D eigenvalue weighted by Crippen LogP contribution is -2.24. The van der Waals surface area contributed by atoms with E-state index in [1.54, 1.807) is 0 Å². The molecule has 0 saturated heterocycles. The number of carboxylic acids is 1. The van der Waals surface area contributed by atoms with Crippen molar-refractivity contribution in [3.05, 3.63) is 29.8 Å². The molecule has 0 fully saturated rings. The average Bonchev–Trinajstić information content (AvgIpc) is 2.77. The molecule has 104 valence electrons. The van der Waals surface area contributed by atoms with E-state index in [0.717, 1.165) is 12.6 Å². The lowest BCUT2D eigenvalue weighted by molar-refractivity contribution is 0.0684. The number of pyridine rings is 1. The molecule has 1 atom stereocenters. The molecule has 0 saturated carbocycles. The van der Waals surface area contributed by atoms with Gasteiger partial charge in [0, 0.05) is 24.7 Å². The molecule has 0 spiro atoms. The van der Waals surface area contributed by atoms with Gasteiger partial charge in [-0.1, -0.05) is 0 Å². The number of halogens is 1. The summed E-state index contributed by atoms with van der Waals surface area (Å²) >= 11 is 0. The zero-order valence-corrected chi connectivity index (χ0v) is 10.7. The van der Waals surface area contributed by atoms with Gasteiger partial charge < -0.3 is 9.84 Å². The number of hydrogen-bond acceptors (Lipinski definition) is 4. The fourth-order valence-electron chi connectivity index (χ4n) is 2.22. The van der Waals surface area contributed by atoms with Crippen LogP contribution in [0.15, 0.2) is 18.5 Å². The van der Waals surface area contributed by atoms with E-state index in [0.29, 0.717) is 6.54 Å². The number of nitrogens with zero attached hydrogens (tertiary/aromatic N) is 3. The third kappa shape index (κ3) is 1.91. The average molecular weight is 277 g/mol. The lowest BCUT2D eigenvalue weighted by Gasteiger charge is -2.21. The van der Waals surface area contributed by atoms with Crippen LogP contribution >= 0.6 is 0 Å².